The molecule has 2 heterocycles. The smallest absolute Gasteiger partial charge is 0.145 e. The first-order chi connectivity index (χ1) is 8.22. The molecule has 1 aliphatic rings. The number of hydrogen-bond donors (Lipinski definition) is 0. The van der Waals surface area contributed by atoms with Crippen LogP contribution < -0.4 is 0 Å². The van der Waals surface area contributed by atoms with Crippen molar-refractivity contribution in [3.05, 3.63) is 21.7 Å². The summed E-state index contributed by atoms with van der Waals surface area (Å²) in [5.41, 5.74) is 0.882. The van der Waals surface area contributed by atoms with Gasteiger partial charge in [0.15, 0.2) is 0 Å². The molecule has 1 aromatic heterocycles. The minimum absolute atomic E-state index is 0.333. The summed E-state index contributed by atoms with van der Waals surface area (Å²) in [5.74, 6) is 4.18. The molecule has 6 heteroatoms. The number of aromatic nitrogens is 2. The van der Waals surface area contributed by atoms with Crippen molar-refractivity contribution in [2.24, 2.45) is 0 Å². The Bertz CT molecular complexity index is 372. The van der Waals surface area contributed by atoms with E-state index in [-0.39, 0.29) is 0 Å². The normalized spacial score (nSPS) is 20.5. The van der Waals surface area contributed by atoms with E-state index in [0.29, 0.717) is 15.6 Å². The lowest BCUT2D eigenvalue weighted by molar-refractivity contribution is 0.864. The molecule has 1 fully saturated rings. The Labute approximate surface area is 120 Å². The number of thioether (sulfide) groups is 2. The fourth-order valence-corrected chi connectivity index (χ4v) is 4.87. The van der Waals surface area contributed by atoms with Crippen molar-refractivity contribution in [2.45, 2.75) is 25.0 Å². The maximum Gasteiger partial charge on any atom is 0.145 e. The largest absolute Gasteiger partial charge is 0.220 e. The van der Waals surface area contributed by atoms with Crippen LogP contribution in [0, 0.1) is 0 Å². The zero-order valence-corrected chi connectivity index (χ0v) is 12.7. The van der Waals surface area contributed by atoms with E-state index < -0.39 is 0 Å². The van der Waals surface area contributed by atoms with Gasteiger partial charge in [-0.05, 0) is 6.42 Å². The maximum absolute atomic E-state index is 6.18. The molecule has 0 radical (unpaired) electrons. The van der Waals surface area contributed by atoms with Crippen molar-refractivity contribution in [2.75, 3.05) is 17.3 Å². The van der Waals surface area contributed by atoms with Crippen LogP contribution in [0.1, 0.15) is 30.0 Å². The molecule has 1 aromatic rings. The van der Waals surface area contributed by atoms with Gasteiger partial charge in [0.2, 0.25) is 0 Å². The third-order valence-corrected chi connectivity index (χ3v) is 5.90. The van der Waals surface area contributed by atoms with Gasteiger partial charge in [-0.15, -0.1) is 11.8 Å². The van der Waals surface area contributed by atoms with Crippen molar-refractivity contribution in [3.63, 3.8) is 0 Å². The van der Waals surface area contributed by atoms with E-state index in [9.17, 15) is 0 Å². The van der Waals surface area contributed by atoms with E-state index in [1.807, 2.05) is 23.5 Å². The van der Waals surface area contributed by atoms with Gasteiger partial charge >= 0.3 is 0 Å². The Kier molecular flexibility index (Phi) is 5.27. The van der Waals surface area contributed by atoms with Crippen molar-refractivity contribution >= 4 is 46.7 Å². The second-order valence-electron chi connectivity index (χ2n) is 3.83. The highest BCUT2D eigenvalue weighted by atomic mass is 35.5. The highest BCUT2D eigenvalue weighted by molar-refractivity contribution is 8.06. The van der Waals surface area contributed by atoms with Gasteiger partial charge in [0.1, 0.15) is 16.1 Å². The Balaban J connectivity index is 2.24. The van der Waals surface area contributed by atoms with Gasteiger partial charge in [-0.3, -0.25) is 0 Å². The van der Waals surface area contributed by atoms with Crippen LogP contribution in [0.5, 0.6) is 0 Å². The lowest BCUT2D eigenvalue weighted by Crippen LogP contribution is -2.11. The summed E-state index contributed by atoms with van der Waals surface area (Å²) < 4.78 is 0. The third-order valence-electron chi connectivity index (χ3n) is 2.53. The molecule has 0 N–H and O–H groups in total. The molecule has 0 saturated carbocycles. The first kappa shape index (κ1) is 13.8. The second-order valence-corrected chi connectivity index (χ2v) is 7.00. The van der Waals surface area contributed by atoms with Crippen LogP contribution in [0.25, 0.3) is 0 Å². The first-order valence-corrected chi connectivity index (χ1v) is 8.59. The molecule has 2 rings (SSSR count). The van der Waals surface area contributed by atoms with E-state index in [1.54, 1.807) is 0 Å². The van der Waals surface area contributed by atoms with Gasteiger partial charge in [0.25, 0.3) is 0 Å². The van der Waals surface area contributed by atoms with Crippen molar-refractivity contribution < 1.29 is 0 Å². The first-order valence-electron chi connectivity index (χ1n) is 5.63. The van der Waals surface area contributed by atoms with Crippen molar-refractivity contribution in [1.82, 2.24) is 9.97 Å². The van der Waals surface area contributed by atoms with E-state index >= 15 is 0 Å². The molecular weight excluding hydrogens is 295 g/mol. The molecule has 94 valence electrons. The van der Waals surface area contributed by atoms with Gasteiger partial charge in [-0.25, -0.2) is 9.97 Å². The molecule has 1 atom stereocenters. The van der Waals surface area contributed by atoms with Crippen LogP contribution in [0.4, 0.5) is 0 Å². The zero-order valence-electron chi connectivity index (χ0n) is 9.58. The predicted octanol–water partition coefficient (Wildman–Crippen LogP) is 4.26. The number of rotatable bonds is 3. The Hall–Kier alpha value is 0.360. The second kappa shape index (κ2) is 6.50. The van der Waals surface area contributed by atoms with Crippen molar-refractivity contribution in [1.29, 1.82) is 0 Å². The van der Waals surface area contributed by atoms with Gasteiger partial charge in [0.05, 0.1) is 5.25 Å². The molecular formula is C11H14Cl2N2S2. The molecule has 2 nitrogen and oxygen atoms in total. The Morgan fingerprint density at radius 3 is 2.47 bits per heavy atom. The zero-order chi connectivity index (χ0) is 12.3. The highest BCUT2D eigenvalue weighted by Crippen LogP contribution is 2.36. The number of halogens is 2. The Morgan fingerprint density at radius 2 is 1.94 bits per heavy atom. The van der Waals surface area contributed by atoms with E-state index in [2.05, 4.69) is 16.9 Å². The third kappa shape index (κ3) is 3.43. The molecule has 1 aliphatic heterocycles. The summed E-state index contributed by atoms with van der Waals surface area (Å²) >= 11 is 16.2. The SMILES string of the molecule is CCCc1c(Cl)nc(C2CSCCS2)nc1Cl. The fourth-order valence-electron chi connectivity index (χ4n) is 1.68. The van der Waals surface area contributed by atoms with Crippen molar-refractivity contribution in [3.8, 4) is 0 Å². The monoisotopic (exact) mass is 308 g/mol. The number of nitrogens with zero attached hydrogens (tertiary/aromatic N) is 2. The Morgan fingerprint density at radius 1 is 1.24 bits per heavy atom. The molecule has 0 bridgehead atoms. The van der Waals surface area contributed by atoms with E-state index in [1.165, 1.54) is 5.75 Å². The van der Waals surface area contributed by atoms with Gasteiger partial charge in [0, 0.05) is 22.8 Å². The minimum Gasteiger partial charge on any atom is -0.220 e. The van der Waals surface area contributed by atoms with Gasteiger partial charge in [-0.1, -0.05) is 36.5 Å². The summed E-state index contributed by atoms with van der Waals surface area (Å²) in [6.45, 7) is 2.09. The standard InChI is InChI=1S/C11H14Cl2N2S2/c1-2-3-7-9(12)14-11(15-10(7)13)8-6-16-4-5-17-8/h8H,2-6H2,1H3. The number of hydrogen-bond acceptors (Lipinski definition) is 4. The van der Waals surface area contributed by atoms with Crippen LogP contribution in [-0.4, -0.2) is 27.2 Å². The molecule has 0 amide bonds. The summed E-state index contributed by atoms with van der Waals surface area (Å²) in [4.78, 5) is 8.82. The highest BCUT2D eigenvalue weighted by Gasteiger charge is 2.21. The van der Waals surface area contributed by atoms with E-state index in [0.717, 1.165) is 35.7 Å². The fraction of sp³-hybridized carbons (Fsp3) is 0.636. The lowest BCUT2D eigenvalue weighted by atomic mass is 10.2. The summed E-state index contributed by atoms with van der Waals surface area (Å²) in [6, 6.07) is 0. The average Bonchev–Trinajstić information content (AvgIpc) is 2.35. The minimum atomic E-state index is 0.333. The quantitative estimate of drug-likeness (QED) is 0.779. The summed E-state index contributed by atoms with van der Waals surface area (Å²) in [7, 11) is 0. The molecule has 0 aromatic carbocycles. The van der Waals surface area contributed by atoms with Gasteiger partial charge < -0.3 is 0 Å². The van der Waals surface area contributed by atoms with Crippen LogP contribution in [-0.2, 0) is 6.42 Å². The maximum atomic E-state index is 6.18. The molecule has 17 heavy (non-hydrogen) atoms. The summed E-state index contributed by atoms with van der Waals surface area (Å²) in [5, 5.41) is 1.38. The molecule has 1 saturated heterocycles. The molecule has 0 aliphatic carbocycles. The van der Waals surface area contributed by atoms with Gasteiger partial charge in [-0.2, -0.15) is 11.8 Å². The van der Waals surface area contributed by atoms with E-state index in [4.69, 9.17) is 23.2 Å². The van der Waals surface area contributed by atoms with Crippen LogP contribution in [0.3, 0.4) is 0 Å². The molecule has 1 unspecified atom stereocenters. The van der Waals surface area contributed by atoms with Crippen LogP contribution in [0.2, 0.25) is 10.3 Å². The van der Waals surface area contributed by atoms with Crippen LogP contribution >= 0.6 is 46.7 Å². The summed E-state index contributed by atoms with van der Waals surface area (Å²) in [6.07, 6.45) is 1.83. The lowest BCUT2D eigenvalue weighted by Gasteiger charge is -2.20. The average molecular weight is 309 g/mol. The predicted molar refractivity (Wildman–Crippen MR) is 78.6 cm³/mol. The van der Waals surface area contributed by atoms with Crippen LogP contribution in [0.15, 0.2) is 0 Å². The molecule has 0 spiro atoms. The topological polar surface area (TPSA) is 25.8 Å².